The summed E-state index contributed by atoms with van der Waals surface area (Å²) in [6.07, 6.45) is 0. The van der Waals surface area contributed by atoms with Gasteiger partial charge in [0.25, 0.3) is 0 Å². The number of aromatic nitrogens is 1. The molecule has 0 radical (unpaired) electrons. The van der Waals surface area contributed by atoms with Gasteiger partial charge in [-0.2, -0.15) is 4.98 Å². The Kier molecular flexibility index (Phi) is 4.11. The Morgan fingerprint density at radius 3 is 2.41 bits per heavy atom. The van der Waals surface area contributed by atoms with Crippen molar-refractivity contribution >= 4 is 34.8 Å². The molecule has 2 nitrogen and oxygen atoms in total. The number of hydrogen-bond donors (Lipinski definition) is 0. The second kappa shape index (κ2) is 5.58. The molecule has 1 heterocycles. The molecule has 2 aromatic rings. The predicted octanol–water partition coefficient (Wildman–Crippen LogP) is 4.62. The van der Waals surface area contributed by atoms with Crippen molar-refractivity contribution in [3.63, 3.8) is 0 Å². The van der Waals surface area contributed by atoms with Crippen molar-refractivity contribution in [2.45, 2.75) is 6.61 Å². The second-order valence-corrected chi connectivity index (χ2v) is 4.49. The molecule has 0 saturated carbocycles. The molecule has 0 amide bonds. The maximum atomic E-state index is 5.94. The minimum atomic E-state index is 0.180. The summed E-state index contributed by atoms with van der Waals surface area (Å²) in [5, 5.41) is 0.832. The standard InChI is InChI=1S/C12H8Cl3NO/c13-9-6-10(14)12(16-11(9)15)17-7-8-4-2-1-3-5-8/h1-6H,7H2. The van der Waals surface area contributed by atoms with Gasteiger partial charge in [-0.05, 0) is 11.6 Å². The summed E-state index contributed by atoms with van der Waals surface area (Å²) in [4.78, 5) is 3.97. The largest absolute Gasteiger partial charge is 0.472 e. The van der Waals surface area contributed by atoms with Crippen molar-refractivity contribution in [3.05, 3.63) is 57.2 Å². The Morgan fingerprint density at radius 2 is 1.71 bits per heavy atom. The molecule has 1 aromatic carbocycles. The zero-order chi connectivity index (χ0) is 12.3. The summed E-state index contributed by atoms with van der Waals surface area (Å²) in [6, 6.07) is 11.2. The molecular weight excluding hydrogens is 280 g/mol. The quantitative estimate of drug-likeness (QED) is 0.769. The van der Waals surface area contributed by atoms with E-state index in [4.69, 9.17) is 39.5 Å². The molecule has 0 bridgehead atoms. The number of halogens is 3. The van der Waals surface area contributed by atoms with Crippen LogP contribution in [0.25, 0.3) is 0 Å². The van der Waals surface area contributed by atoms with Gasteiger partial charge in [0, 0.05) is 0 Å². The highest BCUT2D eigenvalue weighted by Gasteiger charge is 2.08. The van der Waals surface area contributed by atoms with Crippen molar-refractivity contribution < 1.29 is 4.74 Å². The lowest BCUT2D eigenvalue weighted by molar-refractivity contribution is 0.294. The van der Waals surface area contributed by atoms with Crippen molar-refractivity contribution in [2.75, 3.05) is 0 Å². The smallest absolute Gasteiger partial charge is 0.234 e. The zero-order valence-corrected chi connectivity index (χ0v) is 10.9. The van der Waals surface area contributed by atoms with E-state index in [0.717, 1.165) is 5.56 Å². The highest BCUT2D eigenvalue weighted by atomic mass is 35.5. The van der Waals surface area contributed by atoms with Crippen LogP contribution in [0.5, 0.6) is 5.88 Å². The van der Waals surface area contributed by atoms with E-state index in [1.54, 1.807) is 0 Å². The van der Waals surface area contributed by atoms with E-state index in [1.807, 2.05) is 30.3 Å². The second-order valence-electron chi connectivity index (χ2n) is 3.32. The molecule has 0 unspecified atom stereocenters. The Bertz CT molecular complexity index is 517. The van der Waals surface area contributed by atoms with E-state index < -0.39 is 0 Å². The fourth-order valence-corrected chi connectivity index (χ4v) is 1.80. The van der Waals surface area contributed by atoms with E-state index in [0.29, 0.717) is 16.7 Å². The summed E-state index contributed by atoms with van der Waals surface area (Å²) in [7, 11) is 0. The van der Waals surface area contributed by atoms with Gasteiger partial charge in [-0.25, -0.2) is 0 Å². The number of nitrogens with zero attached hydrogens (tertiary/aromatic N) is 1. The first kappa shape index (κ1) is 12.5. The average molecular weight is 289 g/mol. The molecule has 0 atom stereocenters. The Balaban J connectivity index is 2.12. The summed E-state index contributed by atoms with van der Waals surface area (Å²) < 4.78 is 5.47. The number of pyridine rings is 1. The topological polar surface area (TPSA) is 22.1 Å². The molecule has 0 fully saturated rings. The minimum Gasteiger partial charge on any atom is -0.472 e. The lowest BCUT2D eigenvalue weighted by atomic mass is 10.2. The monoisotopic (exact) mass is 287 g/mol. The molecule has 17 heavy (non-hydrogen) atoms. The van der Waals surface area contributed by atoms with Crippen LogP contribution in [0.1, 0.15) is 5.56 Å². The van der Waals surface area contributed by atoms with Gasteiger partial charge in [-0.15, -0.1) is 0 Å². The number of hydrogen-bond acceptors (Lipinski definition) is 2. The molecule has 0 aliphatic heterocycles. The Morgan fingerprint density at radius 1 is 1.00 bits per heavy atom. The maximum Gasteiger partial charge on any atom is 0.234 e. The van der Waals surface area contributed by atoms with Crippen LogP contribution in [-0.2, 0) is 6.61 Å². The lowest BCUT2D eigenvalue weighted by Crippen LogP contribution is -1.98. The molecule has 0 aliphatic rings. The summed E-state index contributed by atoms with van der Waals surface area (Å²) >= 11 is 17.5. The Labute approximate surface area is 114 Å². The molecule has 0 spiro atoms. The molecule has 1 aromatic heterocycles. The van der Waals surface area contributed by atoms with Crippen molar-refractivity contribution in [1.29, 1.82) is 0 Å². The van der Waals surface area contributed by atoms with Crippen molar-refractivity contribution in [2.24, 2.45) is 0 Å². The fourth-order valence-electron chi connectivity index (χ4n) is 1.26. The molecule has 0 N–H and O–H groups in total. The molecule has 0 saturated heterocycles. The molecule has 88 valence electrons. The molecule has 0 aliphatic carbocycles. The van der Waals surface area contributed by atoms with Gasteiger partial charge in [-0.1, -0.05) is 65.1 Å². The normalized spacial score (nSPS) is 10.3. The predicted molar refractivity (Wildman–Crippen MR) is 70.0 cm³/mol. The summed E-state index contributed by atoms with van der Waals surface area (Å²) in [5.41, 5.74) is 1.02. The maximum absolute atomic E-state index is 5.94. The van der Waals surface area contributed by atoms with Gasteiger partial charge in [0.05, 0.1) is 5.02 Å². The first-order valence-corrected chi connectivity index (χ1v) is 5.98. The third kappa shape index (κ3) is 3.25. The first-order valence-electron chi connectivity index (χ1n) is 4.85. The van der Waals surface area contributed by atoms with Gasteiger partial charge in [0.2, 0.25) is 5.88 Å². The van der Waals surface area contributed by atoms with Crippen LogP contribution in [0.3, 0.4) is 0 Å². The van der Waals surface area contributed by atoms with E-state index >= 15 is 0 Å². The van der Waals surface area contributed by atoms with Crippen LogP contribution in [0.2, 0.25) is 15.2 Å². The minimum absolute atomic E-state index is 0.180. The Hall–Kier alpha value is -0.960. The summed E-state index contributed by atoms with van der Waals surface area (Å²) in [6.45, 7) is 0.380. The van der Waals surface area contributed by atoms with E-state index in [-0.39, 0.29) is 11.0 Å². The SMILES string of the molecule is Clc1cc(Cl)c(OCc2ccccc2)nc1Cl. The van der Waals surface area contributed by atoms with Gasteiger partial charge in [-0.3, -0.25) is 0 Å². The van der Waals surface area contributed by atoms with Crippen molar-refractivity contribution in [1.82, 2.24) is 4.98 Å². The van der Waals surface area contributed by atoms with Crippen LogP contribution >= 0.6 is 34.8 Å². The van der Waals surface area contributed by atoms with Crippen LogP contribution in [0.15, 0.2) is 36.4 Å². The van der Waals surface area contributed by atoms with E-state index in [2.05, 4.69) is 4.98 Å². The van der Waals surface area contributed by atoms with Gasteiger partial charge in [0.15, 0.2) is 5.15 Å². The van der Waals surface area contributed by atoms with Crippen LogP contribution in [0, 0.1) is 0 Å². The number of rotatable bonds is 3. The van der Waals surface area contributed by atoms with Gasteiger partial charge >= 0.3 is 0 Å². The number of benzene rings is 1. The lowest BCUT2D eigenvalue weighted by Gasteiger charge is -2.07. The highest BCUT2D eigenvalue weighted by molar-refractivity contribution is 6.42. The molecule has 5 heteroatoms. The van der Waals surface area contributed by atoms with Gasteiger partial charge < -0.3 is 4.74 Å². The summed E-state index contributed by atoms with van der Waals surface area (Å²) in [5.74, 6) is 0.282. The van der Waals surface area contributed by atoms with Crippen LogP contribution < -0.4 is 4.74 Å². The average Bonchev–Trinajstić information content (AvgIpc) is 2.33. The van der Waals surface area contributed by atoms with Crippen LogP contribution in [-0.4, -0.2) is 4.98 Å². The molecular formula is C12H8Cl3NO. The zero-order valence-electron chi connectivity index (χ0n) is 8.66. The molecule has 2 rings (SSSR count). The van der Waals surface area contributed by atoms with E-state index in [9.17, 15) is 0 Å². The number of ether oxygens (including phenoxy) is 1. The third-order valence-electron chi connectivity index (χ3n) is 2.07. The van der Waals surface area contributed by atoms with Crippen LogP contribution in [0.4, 0.5) is 0 Å². The fraction of sp³-hybridized carbons (Fsp3) is 0.0833. The van der Waals surface area contributed by atoms with Crippen molar-refractivity contribution in [3.8, 4) is 5.88 Å². The van der Waals surface area contributed by atoms with Gasteiger partial charge in [0.1, 0.15) is 11.6 Å². The third-order valence-corrected chi connectivity index (χ3v) is 3.02. The highest BCUT2D eigenvalue weighted by Crippen LogP contribution is 2.30. The van der Waals surface area contributed by atoms with E-state index in [1.165, 1.54) is 6.07 Å². The first-order chi connectivity index (χ1) is 8.16.